The second kappa shape index (κ2) is 9.79. The Bertz CT molecular complexity index is 617. The first-order chi connectivity index (χ1) is 11.6. The summed E-state index contributed by atoms with van der Waals surface area (Å²) in [5.74, 6) is 1.92. The summed E-state index contributed by atoms with van der Waals surface area (Å²) >= 11 is 3.52. The Labute approximate surface area is 153 Å². The van der Waals surface area contributed by atoms with Crippen molar-refractivity contribution in [2.24, 2.45) is 10.9 Å². The van der Waals surface area contributed by atoms with Gasteiger partial charge in [0.15, 0.2) is 5.96 Å². The molecule has 24 heavy (non-hydrogen) atoms. The molecule has 0 aliphatic heterocycles. The summed E-state index contributed by atoms with van der Waals surface area (Å²) in [6.45, 7) is 11.1. The number of thiazole rings is 1. The van der Waals surface area contributed by atoms with Gasteiger partial charge < -0.3 is 10.6 Å². The zero-order valence-corrected chi connectivity index (χ0v) is 16.6. The second-order valence-corrected chi connectivity index (χ2v) is 8.26. The van der Waals surface area contributed by atoms with Gasteiger partial charge in [-0.3, -0.25) is 0 Å². The van der Waals surface area contributed by atoms with E-state index in [1.165, 1.54) is 4.88 Å². The van der Waals surface area contributed by atoms with Crippen LogP contribution in [-0.4, -0.2) is 24.0 Å². The van der Waals surface area contributed by atoms with Crippen molar-refractivity contribution in [3.05, 3.63) is 38.5 Å². The largest absolute Gasteiger partial charge is 0.357 e. The topological polar surface area (TPSA) is 49.3 Å². The average Bonchev–Trinajstić information content (AvgIpc) is 3.21. The lowest BCUT2D eigenvalue weighted by Crippen LogP contribution is -2.39. The van der Waals surface area contributed by atoms with Gasteiger partial charge in [0.25, 0.3) is 0 Å². The molecule has 1 unspecified atom stereocenters. The predicted molar refractivity (Wildman–Crippen MR) is 106 cm³/mol. The minimum absolute atomic E-state index is 0.475. The highest BCUT2D eigenvalue weighted by molar-refractivity contribution is 7.10. The molecule has 2 N–H and O–H groups in total. The minimum Gasteiger partial charge on any atom is -0.357 e. The molecule has 2 heterocycles. The Balaban J connectivity index is 1.85. The fourth-order valence-corrected chi connectivity index (χ4v) is 4.02. The standard InChI is InChI=1S/C18H28N4S2/c1-5-19-18(20-10-14(4)9-15-7-6-8-23-15)21-11-17-22-16(12-24-17)13(2)3/h6-8,12-14H,5,9-11H2,1-4H3,(H2,19,20,21). The normalized spacial score (nSPS) is 13.3. The molecule has 0 amide bonds. The monoisotopic (exact) mass is 364 g/mol. The molecule has 2 rings (SSSR count). The van der Waals surface area contributed by atoms with Crippen molar-refractivity contribution >= 4 is 28.6 Å². The molecule has 2 aromatic heterocycles. The second-order valence-electron chi connectivity index (χ2n) is 6.29. The van der Waals surface area contributed by atoms with E-state index < -0.39 is 0 Å². The number of guanidine groups is 1. The molecule has 0 spiro atoms. The van der Waals surface area contributed by atoms with Gasteiger partial charge in [-0.25, -0.2) is 9.98 Å². The van der Waals surface area contributed by atoms with Gasteiger partial charge in [-0.15, -0.1) is 22.7 Å². The van der Waals surface area contributed by atoms with Gasteiger partial charge in [0, 0.05) is 23.3 Å². The summed E-state index contributed by atoms with van der Waals surface area (Å²) in [4.78, 5) is 10.8. The number of nitrogens with one attached hydrogen (secondary N) is 2. The number of hydrogen-bond acceptors (Lipinski definition) is 4. The van der Waals surface area contributed by atoms with Gasteiger partial charge in [-0.05, 0) is 36.6 Å². The number of thiophene rings is 1. The van der Waals surface area contributed by atoms with Crippen LogP contribution in [0, 0.1) is 5.92 Å². The Morgan fingerprint density at radius 3 is 2.71 bits per heavy atom. The van der Waals surface area contributed by atoms with E-state index in [0.29, 0.717) is 18.4 Å². The number of nitrogens with zero attached hydrogens (tertiary/aromatic N) is 2. The summed E-state index contributed by atoms with van der Waals surface area (Å²) in [5.41, 5.74) is 1.16. The molecule has 4 nitrogen and oxygen atoms in total. The quantitative estimate of drug-likeness (QED) is 0.543. The van der Waals surface area contributed by atoms with E-state index >= 15 is 0 Å². The van der Waals surface area contributed by atoms with Crippen molar-refractivity contribution < 1.29 is 0 Å². The fourth-order valence-electron chi connectivity index (χ4n) is 2.27. The smallest absolute Gasteiger partial charge is 0.191 e. The van der Waals surface area contributed by atoms with Crippen LogP contribution < -0.4 is 10.6 Å². The number of hydrogen-bond donors (Lipinski definition) is 2. The maximum absolute atomic E-state index is 4.67. The third-order valence-electron chi connectivity index (χ3n) is 3.63. The van der Waals surface area contributed by atoms with E-state index in [0.717, 1.165) is 36.2 Å². The van der Waals surface area contributed by atoms with Crippen molar-refractivity contribution in [3.8, 4) is 0 Å². The van der Waals surface area contributed by atoms with Gasteiger partial charge in [-0.1, -0.05) is 26.8 Å². The highest BCUT2D eigenvalue weighted by Gasteiger charge is 2.08. The molecule has 1 atom stereocenters. The maximum atomic E-state index is 4.67. The van der Waals surface area contributed by atoms with Crippen LogP contribution in [0.1, 0.15) is 49.2 Å². The number of aromatic nitrogens is 1. The third-order valence-corrected chi connectivity index (χ3v) is 5.38. The van der Waals surface area contributed by atoms with Crippen molar-refractivity contribution in [3.63, 3.8) is 0 Å². The molecule has 0 aromatic carbocycles. The predicted octanol–water partition coefficient (Wildman–Crippen LogP) is 4.26. The van der Waals surface area contributed by atoms with Crippen LogP contribution in [0.25, 0.3) is 0 Å². The molecule has 0 radical (unpaired) electrons. The molecule has 132 valence electrons. The summed E-state index contributed by atoms with van der Waals surface area (Å²) in [6, 6.07) is 4.32. The van der Waals surface area contributed by atoms with Crippen molar-refractivity contribution in [1.82, 2.24) is 15.6 Å². The van der Waals surface area contributed by atoms with E-state index in [4.69, 9.17) is 0 Å². The molecular weight excluding hydrogens is 336 g/mol. The van der Waals surface area contributed by atoms with Crippen molar-refractivity contribution in [1.29, 1.82) is 0 Å². The summed E-state index contributed by atoms with van der Waals surface area (Å²) in [5, 5.41) is 12.1. The molecule has 0 saturated heterocycles. The van der Waals surface area contributed by atoms with Crippen LogP contribution in [-0.2, 0) is 13.0 Å². The van der Waals surface area contributed by atoms with Crippen LogP contribution in [0.4, 0.5) is 0 Å². The SMILES string of the molecule is CCNC(=NCc1nc(C(C)C)cs1)NCC(C)Cc1cccs1. The molecule has 0 fully saturated rings. The molecule has 0 aliphatic rings. The number of rotatable bonds is 8. The van der Waals surface area contributed by atoms with Crippen LogP contribution in [0.5, 0.6) is 0 Å². The van der Waals surface area contributed by atoms with E-state index in [2.05, 4.69) is 71.2 Å². The van der Waals surface area contributed by atoms with Crippen LogP contribution in [0.15, 0.2) is 27.9 Å². The first kappa shape index (κ1) is 18.9. The van der Waals surface area contributed by atoms with Gasteiger partial charge in [0.05, 0.1) is 12.2 Å². The van der Waals surface area contributed by atoms with Crippen LogP contribution in [0.2, 0.25) is 0 Å². The van der Waals surface area contributed by atoms with Crippen molar-refractivity contribution in [2.45, 2.75) is 46.6 Å². The Kier molecular flexibility index (Phi) is 7.72. The minimum atomic E-state index is 0.475. The third kappa shape index (κ3) is 6.24. The molecule has 6 heteroatoms. The van der Waals surface area contributed by atoms with Gasteiger partial charge in [0.2, 0.25) is 0 Å². The summed E-state index contributed by atoms with van der Waals surface area (Å²) in [6.07, 6.45) is 1.11. The van der Waals surface area contributed by atoms with Crippen LogP contribution in [0.3, 0.4) is 0 Å². The van der Waals surface area contributed by atoms with E-state index in [9.17, 15) is 0 Å². The lowest BCUT2D eigenvalue weighted by atomic mass is 10.1. The van der Waals surface area contributed by atoms with E-state index in [1.54, 1.807) is 11.3 Å². The van der Waals surface area contributed by atoms with Gasteiger partial charge >= 0.3 is 0 Å². The molecular formula is C18H28N4S2. The Morgan fingerprint density at radius 1 is 1.25 bits per heavy atom. The lowest BCUT2D eigenvalue weighted by Gasteiger charge is -2.15. The fraction of sp³-hybridized carbons (Fsp3) is 0.556. The lowest BCUT2D eigenvalue weighted by molar-refractivity contribution is 0.562. The van der Waals surface area contributed by atoms with Crippen molar-refractivity contribution in [2.75, 3.05) is 13.1 Å². The zero-order chi connectivity index (χ0) is 17.4. The Morgan fingerprint density at radius 2 is 2.08 bits per heavy atom. The molecule has 2 aromatic rings. The Hall–Kier alpha value is -1.40. The van der Waals surface area contributed by atoms with Gasteiger partial charge in [-0.2, -0.15) is 0 Å². The number of aliphatic imine (C=N–C) groups is 1. The first-order valence-corrected chi connectivity index (χ1v) is 10.3. The highest BCUT2D eigenvalue weighted by Crippen LogP contribution is 2.18. The molecule has 0 saturated carbocycles. The summed E-state index contributed by atoms with van der Waals surface area (Å²) in [7, 11) is 0. The van der Waals surface area contributed by atoms with E-state index in [-0.39, 0.29) is 0 Å². The molecule has 0 aliphatic carbocycles. The van der Waals surface area contributed by atoms with E-state index in [1.807, 2.05) is 11.3 Å². The van der Waals surface area contributed by atoms with Crippen LogP contribution >= 0.6 is 22.7 Å². The summed E-state index contributed by atoms with van der Waals surface area (Å²) < 4.78 is 0. The van der Waals surface area contributed by atoms with Gasteiger partial charge in [0.1, 0.15) is 5.01 Å². The highest BCUT2D eigenvalue weighted by atomic mass is 32.1. The first-order valence-electron chi connectivity index (χ1n) is 8.57. The molecule has 0 bridgehead atoms. The maximum Gasteiger partial charge on any atom is 0.191 e. The zero-order valence-electron chi connectivity index (χ0n) is 15.0. The average molecular weight is 365 g/mol.